The highest BCUT2D eigenvalue weighted by atomic mass is 32.2. The molecule has 0 radical (unpaired) electrons. The molecule has 3 rings (SSSR count). The number of nitrogens with one attached hydrogen (secondary N) is 1. The van der Waals surface area contributed by atoms with Crippen LogP contribution in [0.4, 0.5) is 0 Å². The minimum atomic E-state index is -3.60. The summed E-state index contributed by atoms with van der Waals surface area (Å²) in [6.07, 6.45) is 7.25. The van der Waals surface area contributed by atoms with Crippen LogP contribution in [0.15, 0.2) is 11.1 Å². The third kappa shape index (κ3) is 3.35. The number of carbonyl (C=O) groups excluding carboxylic acids is 1. The zero-order chi connectivity index (χ0) is 17.3. The average molecular weight is 354 g/mol. The van der Waals surface area contributed by atoms with Crippen molar-refractivity contribution in [2.75, 3.05) is 13.1 Å². The molecule has 1 aliphatic heterocycles. The standard InChI is InChI=1S/C16H26N4O3S/c1-12-15(10-17-19(12)2)24(22,23)20-9-5-6-13(11-20)16(21)18-14-7-3-4-8-14/h10,13-14H,3-9,11H2,1-2H3,(H,18,21). The highest BCUT2D eigenvalue weighted by molar-refractivity contribution is 7.89. The Morgan fingerprint density at radius 3 is 2.58 bits per heavy atom. The maximum atomic E-state index is 12.9. The third-order valence-corrected chi connectivity index (χ3v) is 7.23. The summed E-state index contributed by atoms with van der Waals surface area (Å²) >= 11 is 0. The minimum Gasteiger partial charge on any atom is -0.353 e. The van der Waals surface area contributed by atoms with Gasteiger partial charge in [0.05, 0.1) is 17.8 Å². The Kier molecular flexibility index (Phi) is 4.96. The second-order valence-electron chi connectivity index (χ2n) is 6.91. The molecule has 24 heavy (non-hydrogen) atoms. The van der Waals surface area contributed by atoms with Gasteiger partial charge in [0.25, 0.3) is 0 Å². The molecule has 8 heteroatoms. The van der Waals surface area contributed by atoms with Crippen LogP contribution >= 0.6 is 0 Å². The summed E-state index contributed by atoms with van der Waals surface area (Å²) < 4.78 is 28.8. The zero-order valence-corrected chi connectivity index (χ0v) is 15.2. The van der Waals surface area contributed by atoms with Gasteiger partial charge in [-0.1, -0.05) is 12.8 Å². The molecular formula is C16H26N4O3S. The molecule has 1 aliphatic carbocycles. The van der Waals surface area contributed by atoms with Gasteiger partial charge < -0.3 is 5.32 Å². The Balaban J connectivity index is 1.70. The molecule has 134 valence electrons. The second kappa shape index (κ2) is 6.84. The van der Waals surface area contributed by atoms with Crippen LogP contribution < -0.4 is 5.32 Å². The van der Waals surface area contributed by atoms with Crippen molar-refractivity contribution in [2.45, 2.75) is 56.4 Å². The van der Waals surface area contributed by atoms with Crippen molar-refractivity contribution in [3.63, 3.8) is 0 Å². The Labute approximate surface area is 143 Å². The van der Waals surface area contributed by atoms with Crippen molar-refractivity contribution in [1.82, 2.24) is 19.4 Å². The monoisotopic (exact) mass is 354 g/mol. The first-order chi connectivity index (χ1) is 11.4. The first-order valence-electron chi connectivity index (χ1n) is 8.68. The average Bonchev–Trinajstić information content (AvgIpc) is 3.18. The van der Waals surface area contributed by atoms with E-state index in [-0.39, 0.29) is 29.3 Å². The maximum Gasteiger partial charge on any atom is 0.246 e. The van der Waals surface area contributed by atoms with Crippen LogP contribution in [0.2, 0.25) is 0 Å². The summed E-state index contributed by atoms with van der Waals surface area (Å²) in [6.45, 7) is 2.47. The SMILES string of the molecule is Cc1c(S(=O)(=O)N2CCCC(C(=O)NC3CCCC3)C2)cnn1C. The molecule has 1 saturated heterocycles. The van der Waals surface area contributed by atoms with E-state index in [9.17, 15) is 13.2 Å². The fourth-order valence-corrected chi connectivity index (χ4v) is 5.34. The van der Waals surface area contributed by atoms with Crippen molar-refractivity contribution < 1.29 is 13.2 Å². The van der Waals surface area contributed by atoms with Crippen LogP contribution in [0.1, 0.15) is 44.2 Å². The van der Waals surface area contributed by atoms with Crippen molar-refractivity contribution in [1.29, 1.82) is 0 Å². The topological polar surface area (TPSA) is 84.3 Å². The van der Waals surface area contributed by atoms with Gasteiger partial charge in [0.15, 0.2) is 0 Å². The van der Waals surface area contributed by atoms with E-state index in [0.29, 0.717) is 18.7 Å². The van der Waals surface area contributed by atoms with Crippen molar-refractivity contribution in [3.05, 3.63) is 11.9 Å². The van der Waals surface area contributed by atoms with Gasteiger partial charge in [-0.3, -0.25) is 9.48 Å². The van der Waals surface area contributed by atoms with Crippen LogP contribution in [-0.2, 0) is 21.9 Å². The molecule has 0 bridgehead atoms. The van der Waals surface area contributed by atoms with E-state index >= 15 is 0 Å². The number of amides is 1. The summed E-state index contributed by atoms with van der Waals surface area (Å²) in [5.41, 5.74) is 0.618. The molecule has 2 aliphatic rings. The second-order valence-corrected chi connectivity index (χ2v) is 8.82. The lowest BCUT2D eigenvalue weighted by molar-refractivity contribution is -0.126. The van der Waals surface area contributed by atoms with Crippen LogP contribution in [-0.4, -0.2) is 47.5 Å². The highest BCUT2D eigenvalue weighted by Crippen LogP contribution is 2.26. The molecule has 1 N–H and O–H groups in total. The summed E-state index contributed by atoms with van der Waals surface area (Å²) in [5.74, 6) is -0.254. The van der Waals surface area contributed by atoms with Crippen molar-refractivity contribution in [2.24, 2.45) is 13.0 Å². The minimum absolute atomic E-state index is 0.00436. The van der Waals surface area contributed by atoms with Crippen LogP contribution in [0.3, 0.4) is 0 Å². The number of aryl methyl sites for hydroxylation is 1. The van der Waals surface area contributed by atoms with E-state index in [4.69, 9.17) is 0 Å². The molecule has 2 heterocycles. The zero-order valence-electron chi connectivity index (χ0n) is 14.4. The van der Waals surface area contributed by atoms with Gasteiger partial charge in [0.2, 0.25) is 15.9 Å². The highest BCUT2D eigenvalue weighted by Gasteiger charge is 2.35. The Hall–Kier alpha value is -1.41. The molecule has 2 fully saturated rings. The molecule has 1 unspecified atom stereocenters. The molecular weight excluding hydrogens is 328 g/mol. The quantitative estimate of drug-likeness (QED) is 0.880. The lowest BCUT2D eigenvalue weighted by Gasteiger charge is -2.31. The predicted octanol–water partition coefficient (Wildman–Crippen LogP) is 1.19. The van der Waals surface area contributed by atoms with Gasteiger partial charge in [0, 0.05) is 26.2 Å². The summed E-state index contributed by atoms with van der Waals surface area (Å²) in [4.78, 5) is 12.7. The normalized spacial score (nSPS) is 23.5. The fraction of sp³-hybridized carbons (Fsp3) is 0.750. The van der Waals surface area contributed by atoms with Crippen LogP contribution in [0.25, 0.3) is 0 Å². The number of rotatable bonds is 4. The summed E-state index contributed by atoms with van der Waals surface area (Å²) in [6, 6.07) is 0.269. The molecule has 1 aromatic rings. The summed E-state index contributed by atoms with van der Waals surface area (Å²) in [5, 5.41) is 7.13. The Morgan fingerprint density at radius 1 is 1.25 bits per heavy atom. The number of hydrogen-bond donors (Lipinski definition) is 1. The van der Waals surface area contributed by atoms with Crippen molar-refractivity contribution in [3.8, 4) is 0 Å². The van der Waals surface area contributed by atoms with E-state index < -0.39 is 10.0 Å². The molecule has 0 aromatic carbocycles. The van der Waals surface area contributed by atoms with Crippen LogP contribution in [0, 0.1) is 12.8 Å². The largest absolute Gasteiger partial charge is 0.353 e. The molecule has 7 nitrogen and oxygen atoms in total. The fourth-order valence-electron chi connectivity index (χ4n) is 3.63. The maximum absolute atomic E-state index is 12.9. The third-order valence-electron chi connectivity index (χ3n) is 5.26. The van der Waals surface area contributed by atoms with E-state index in [1.54, 1.807) is 18.7 Å². The van der Waals surface area contributed by atoms with Gasteiger partial charge in [0.1, 0.15) is 4.90 Å². The van der Waals surface area contributed by atoms with Gasteiger partial charge in [-0.15, -0.1) is 0 Å². The molecule has 1 amide bonds. The summed E-state index contributed by atoms with van der Waals surface area (Å²) in [7, 11) is -1.87. The van der Waals surface area contributed by atoms with E-state index in [1.807, 2.05) is 0 Å². The predicted molar refractivity (Wildman–Crippen MR) is 89.8 cm³/mol. The first kappa shape index (κ1) is 17.4. The lowest BCUT2D eigenvalue weighted by Crippen LogP contribution is -2.47. The molecule has 1 aromatic heterocycles. The van der Waals surface area contributed by atoms with Gasteiger partial charge >= 0.3 is 0 Å². The van der Waals surface area contributed by atoms with E-state index in [2.05, 4.69) is 10.4 Å². The molecule has 0 spiro atoms. The molecule has 1 saturated carbocycles. The van der Waals surface area contributed by atoms with E-state index in [0.717, 1.165) is 32.1 Å². The number of sulfonamides is 1. The Bertz CT molecular complexity index is 707. The number of piperidine rings is 1. The van der Waals surface area contributed by atoms with Gasteiger partial charge in [-0.25, -0.2) is 8.42 Å². The Morgan fingerprint density at radius 2 is 1.96 bits per heavy atom. The van der Waals surface area contributed by atoms with E-state index in [1.165, 1.54) is 10.5 Å². The number of hydrogen-bond acceptors (Lipinski definition) is 4. The number of carbonyl (C=O) groups is 1. The van der Waals surface area contributed by atoms with Gasteiger partial charge in [-0.05, 0) is 32.6 Å². The van der Waals surface area contributed by atoms with Crippen molar-refractivity contribution >= 4 is 15.9 Å². The first-order valence-corrected chi connectivity index (χ1v) is 10.1. The van der Waals surface area contributed by atoms with Crippen LogP contribution in [0.5, 0.6) is 0 Å². The van der Waals surface area contributed by atoms with Gasteiger partial charge in [-0.2, -0.15) is 9.40 Å². The smallest absolute Gasteiger partial charge is 0.246 e. The number of aromatic nitrogens is 2. The number of nitrogens with zero attached hydrogens (tertiary/aromatic N) is 3. The molecule has 1 atom stereocenters. The lowest BCUT2D eigenvalue weighted by atomic mass is 9.98.